The normalized spacial score (nSPS) is 9.50. The smallest absolute Gasteiger partial charge is 0.215 e. The largest absolute Gasteiger partial charge is 0.481 e. The fraction of sp³-hybridized carbons (Fsp3) is 0.500. The zero-order valence-corrected chi connectivity index (χ0v) is 7.46. The maximum Gasteiger partial charge on any atom is 0.215 e. The van der Waals surface area contributed by atoms with Crippen LogP contribution >= 0.6 is 0 Å². The number of rotatable bonds is 2. The Kier molecular flexibility index (Phi) is 2.34. The van der Waals surface area contributed by atoms with Gasteiger partial charge in [0.05, 0.1) is 30.9 Å². The molecule has 0 unspecified atom stereocenters. The highest BCUT2D eigenvalue weighted by atomic mass is 16.5. The SMILES string of the molecule is COc1c(CC#N)c(C)nn1C. The van der Waals surface area contributed by atoms with E-state index in [1.54, 1.807) is 18.8 Å². The van der Waals surface area contributed by atoms with E-state index in [2.05, 4.69) is 11.2 Å². The lowest BCUT2D eigenvalue weighted by molar-refractivity contribution is 0.370. The summed E-state index contributed by atoms with van der Waals surface area (Å²) < 4.78 is 6.74. The Hall–Kier alpha value is -1.50. The van der Waals surface area contributed by atoms with Crippen LogP contribution in [0, 0.1) is 18.3 Å². The quantitative estimate of drug-likeness (QED) is 0.651. The summed E-state index contributed by atoms with van der Waals surface area (Å²) in [6.45, 7) is 1.87. The topological polar surface area (TPSA) is 50.8 Å². The molecule has 12 heavy (non-hydrogen) atoms. The molecule has 1 aromatic heterocycles. The monoisotopic (exact) mass is 165 g/mol. The van der Waals surface area contributed by atoms with E-state index in [9.17, 15) is 0 Å². The first-order valence-corrected chi connectivity index (χ1v) is 3.64. The van der Waals surface area contributed by atoms with Crippen molar-refractivity contribution in [1.29, 1.82) is 5.26 Å². The maximum absolute atomic E-state index is 8.53. The fourth-order valence-corrected chi connectivity index (χ4v) is 1.22. The summed E-state index contributed by atoms with van der Waals surface area (Å²) in [5.41, 5.74) is 1.73. The Balaban J connectivity index is 3.15. The molecule has 0 aromatic carbocycles. The number of ether oxygens (including phenoxy) is 1. The highest BCUT2D eigenvalue weighted by molar-refractivity contribution is 5.33. The molecule has 0 radical (unpaired) electrons. The summed E-state index contributed by atoms with van der Waals surface area (Å²) in [4.78, 5) is 0. The molecule has 4 nitrogen and oxygen atoms in total. The van der Waals surface area contributed by atoms with E-state index in [1.807, 2.05) is 6.92 Å². The molecule has 0 saturated heterocycles. The van der Waals surface area contributed by atoms with Gasteiger partial charge >= 0.3 is 0 Å². The lowest BCUT2D eigenvalue weighted by Gasteiger charge is -2.00. The lowest BCUT2D eigenvalue weighted by atomic mass is 10.2. The van der Waals surface area contributed by atoms with Crippen molar-refractivity contribution in [3.8, 4) is 11.9 Å². The predicted octanol–water partition coefficient (Wildman–Crippen LogP) is 0.803. The van der Waals surface area contributed by atoms with Gasteiger partial charge in [-0.2, -0.15) is 10.4 Å². The van der Waals surface area contributed by atoms with E-state index in [1.165, 1.54) is 0 Å². The van der Waals surface area contributed by atoms with Crippen molar-refractivity contribution in [3.05, 3.63) is 11.3 Å². The van der Waals surface area contributed by atoms with Gasteiger partial charge in [0.2, 0.25) is 5.88 Å². The van der Waals surface area contributed by atoms with E-state index in [0.717, 1.165) is 11.3 Å². The van der Waals surface area contributed by atoms with Crippen LogP contribution in [0.5, 0.6) is 5.88 Å². The number of nitrogens with zero attached hydrogens (tertiary/aromatic N) is 3. The minimum atomic E-state index is 0.350. The molecule has 1 rings (SSSR count). The first kappa shape index (κ1) is 8.60. The second-order valence-electron chi connectivity index (χ2n) is 2.53. The molecule has 1 heterocycles. The first-order chi connectivity index (χ1) is 5.70. The van der Waals surface area contributed by atoms with Crippen LogP contribution in [0.3, 0.4) is 0 Å². The van der Waals surface area contributed by atoms with Gasteiger partial charge in [-0.25, -0.2) is 4.68 Å². The van der Waals surface area contributed by atoms with Crippen LogP contribution < -0.4 is 4.74 Å². The van der Waals surface area contributed by atoms with E-state index in [-0.39, 0.29) is 0 Å². The van der Waals surface area contributed by atoms with Crippen LogP contribution in [0.4, 0.5) is 0 Å². The molecule has 0 spiro atoms. The van der Waals surface area contributed by atoms with Gasteiger partial charge in [-0.15, -0.1) is 0 Å². The number of aromatic nitrogens is 2. The Labute approximate surface area is 71.4 Å². The van der Waals surface area contributed by atoms with E-state index in [0.29, 0.717) is 12.3 Å². The Morgan fingerprint density at radius 2 is 2.33 bits per heavy atom. The Morgan fingerprint density at radius 1 is 1.67 bits per heavy atom. The van der Waals surface area contributed by atoms with Crippen molar-refractivity contribution >= 4 is 0 Å². The summed E-state index contributed by atoms with van der Waals surface area (Å²) in [5.74, 6) is 0.675. The molecule has 0 saturated carbocycles. The van der Waals surface area contributed by atoms with Crippen LogP contribution in [0.15, 0.2) is 0 Å². The van der Waals surface area contributed by atoms with Crippen LogP contribution in [-0.4, -0.2) is 16.9 Å². The average Bonchev–Trinajstić information content (AvgIpc) is 2.28. The van der Waals surface area contributed by atoms with Gasteiger partial charge in [0, 0.05) is 7.05 Å². The van der Waals surface area contributed by atoms with E-state index in [4.69, 9.17) is 10.00 Å². The summed E-state index contributed by atoms with van der Waals surface area (Å²) >= 11 is 0. The second kappa shape index (κ2) is 3.26. The molecule has 0 aliphatic heterocycles. The van der Waals surface area contributed by atoms with Crippen LogP contribution in [0.1, 0.15) is 11.3 Å². The Morgan fingerprint density at radius 3 is 2.83 bits per heavy atom. The van der Waals surface area contributed by atoms with Crippen molar-refractivity contribution in [1.82, 2.24) is 9.78 Å². The molecule has 64 valence electrons. The zero-order chi connectivity index (χ0) is 9.14. The standard InChI is InChI=1S/C8H11N3O/c1-6-7(4-5-9)8(12-3)11(2)10-6/h4H2,1-3H3. The van der Waals surface area contributed by atoms with Gasteiger partial charge < -0.3 is 4.74 Å². The third kappa shape index (κ3) is 1.26. The molecule has 0 atom stereocenters. The summed E-state index contributed by atoms with van der Waals surface area (Å²) in [6.07, 6.45) is 0.350. The number of nitriles is 1. The molecule has 4 heteroatoms. The summed E-state index contributed by atoms with van der Waals surface area (Å²) in [6, 6.07) is 2.08. The van der Waals surface area contributed by atoms with Crippen molar-refractivity contribution in [2.75, 3.05) is 7.11 Å². The second-order valence-corrected chi connectivity index (χ2v) is 2.53. The van der Waals surface area contributed by atoms with Crippen LogP contribution in [-0.2, 0) is 13.5 Å². The van der Waals surface area contributed by atoms with Crippen LogP contribution in [0.2, 0.25) is 0 Å². The third-order valence-corrected chi connectivity index (χ3v) is 1.74. The number of aryl methyl sites for hydroxylation is 2. The van der Waals surface area contributed by atoms with E-state index >= 15 is 0 Å². The van der Waals surface area contributed by atoms with Crippen molar-refractivity contribution in [2.45, 2.75) is 13.3 Å². The van der Waals surface area contributed by atoms with Crippen LogP contribution in [0.25, 0.3) is 0 Å². The van der Waals surface area contributed by atoms with E-state index < -0.39 is 0 Å². The average molecular weight is 165 g/mol. The minimum absolute atomic E-state index is 0.350. The number of hydrogen-bond acceptors (Lipinski definition) is 3. The summed E-state index contributed by atoms with van der Waals surface area (Å²) in [7, 11) is 3.38. The van der Waals surface area contributed by atoms with Gasteiger partial charge in [-0.05, 0) is 6.92 Å². The van der Waals surface area contributed by atoms with Crippen molar-refractivity contribution in [3.63, 3.8) is 0 Å². The molecular formula is C8H11N3O. The summed E-state index contributed by atoms with van der Waals surface area (Å²) in [5, 5.41) is 12.7. The molecule has 0 aliphatic carbocycles. The van der Waals surface area contributed by atoms with Gasteiger partial charge in [-0.3, -0.25) is 0 Å². The predicted molar refractivity (Wildman–Crippen MR) is 43.8 cm³/mol. The van der Waals surface area contributed by atoms with Gasteiger partial charge in [-0.1, -0.05) is 0 Å². The highest BCUT2D eigenvalue weighted by Crippen LogP contribution is 2.20. The number of hydrogen-bond donors (Lipinski definition) is 0. The highest BCUT2D eigenvalue weighted by Gasteiger charge is 2.12. The third-order valence-electron chi connectivity index (χ3n) is 1.74. The number of methoxy groups -OCH3 is 1. The van der Waals surface area contributed by atoms with Gasteiger partial charge in [0.15, 0.2) is 0 Å². The van der Waals surface area contributed by atoms with Crippen molar-refractivity contribution in [2.24, 2.45) is 7.05 Å². The minimum Gasteiger partial charge on any atom is -0.481 e. The molecule has 0 amide bonds. The Bertz CT molecular complexity index is 322. The molecular weight excluding hydrogens is 154 g/mol. The van der Waals surface area contributed by atoms with Gasteiger partial charge in [0.25, 0.3) is 0 Å². The fourth-order valence-electron chi connectivity index (χ4n) is 1.22. The molecule has 0 aliphatic rings. The first-order valence-electron chi connectivity index (χ1n) is 3.64. The lowest BCUT2D eigenvalue weighted by Crippen LogP contribution is -1.96. The molecule has 0 bridgehead atoms. The maximum atomic E-state index is 8.53. The molecule has 0 N–H and O–H groups in total. The van der Waals surface area contributed by atoms with Crippen molar-refractivity contribution < 1.29 is 4.74 Å². The molecule has 0 fully saturated rings. The molecule has 1 aromatic rings. The zero-order valence-electron chi connectivity index (χ0n) is 7.46. The van der Waals surface area contributed by atoms with Gasteiger partial charge in [0.1, 0.15) is 0 Å².